The lowest BCUT2D eigenvalue weighted by atomic mass is 9.78. The minimum atomic E-state index is -3.73. The van der Waals surface area contributed by atoms with Crippen molar-refractivity contribution in [2.24, 2.45) is 5.73 Å². The summed E-state index contributed by atoms with van der Waals surface area (Å²) in [6, 6.07) is 13.3. The number of primary amides is 1. The van der Waals surface area contributed by atoms with Gasteiger partial charge in [0.25, 0.3) is 0 Å². The number of rotatable bonds is 5. The Hall–Kier alpha value is -3.99. The predicted octanol–water partition coefficient (Wildman–Crippen LogP) is 4.01. The van der Waals surface area contributed by atoms with Gasteiger partial charge < -0.3 is 16.4 Å². The maximum absolute atomic E-state index is 13.1. The number of nitrogen functional groups attached to an aromatic ring is 1. The maximum atomic E-state index is 13.1. The highest BCUT2D eigenvalue weighted by atomic mass is 32.2. The zero-order valence-corrected chi connectivity index (χ0v) is 22.7. The van der Waals surface area contributed by atoms with Crippen LogP contribution < -0.4 is 11.5 Å². The molecule has 5 heterocycles. The normalized spacial score (nSPS) is 22.9. The summed E-state index contributed by atoms with van der Waals surface area (Å²) in [7, 11) is -3.73. The van der Waals surface area contributed by atoms with Gasteiger partial charge in [-0.05, 0) is 38.2 Å². The van der Waals surface area contributed by atoms with Crippen LogP contribution in [0.4, 0.5) is 10.6 Å². The van der Waals surface area contributed by atoms with E-state index in [1.807, 2.05) is 54.3 Å². The number of hydrogen-bond donors (Lipinski definition) is 2. The fourth-order valence-electron chi connectivity index (χ4n) is 6.69. The number of benzene rings is 1. The summed E-state index contributed by atoms with van der Waals surface area (Å²) in [5, 5.41) is 4.41. The average Bonchev–Trinajstić information content (AvgIpc) is 3.45. The van der Waals surface area contributed by atoms with Crippen LogP contribution in [-0.2, 0) is 9.84 Å². The summed E-state index contributed by atoms with van der Waals surface area (Å²) in [6.07, 6.45) is 8.09. The van der Waals surface area contributed by atoms with Crippen LogP contribution in [0.15, 0.2) is 59.8 Å². The van der Waals surface area contributed by atoms with Crippen LogP contribution in [0.5, 0.6) is 0 Å². The van der Waals surface area contributed by atoms with Crippen LogP contribution in [0.2, 0.25) is 0 Å². The second kappa shape index (κ2) is 9.04. The topological polar surface area (TPSA) is 150 Å². The van der Waals surface area contributed by atoms with E-state index in [9.17, 15) is 13.2 Å². The molecule has 2 bridgehead atoms. The molecule has 0 radical (unpaired) electrons. The Morgan fingerprint density at radius 1 is 1.13 bits per heavy atom. The number of sulfone groups is 1. The van der Waals surface area contributed by atoms with Crippen molar-refractivity contribution in [2.45, 2.75) is 61.4 Å². The number of nitrogens with two attached hydrogens (primary N) is 2. The monoisotopic (exact) mass is 545 g/mol. The van der Waals surface area contributed by atoms with Crippen LogP contribution in [0, 0.1) is 0 Å². The second-order valence-corrected chi connectivity index (χ2v) is 12.6. The molecule has 2 saturated heterocycles. The summed E-state index contributed by atoms with van der Waals surface area (Å²) in [5.74, 6) is -0.167. The van der Waals surface area contributed by atoms with E-state index in [0.29, 0.717) is 29.7 Å². The van der Waals surface area contributed by atoms with E-state index in [0.717, 1.165) is 42.3 Å². The van der Waals surface area contributed by atoms with E-state index in [1.54, 1.807) is 12.4 Å². The highest BCUT2D eigenvalue weighted by Gasteiger charge is 2.53. The molecule has 2 aliphatic heterocycles. The van der Waals surface area contributed by atoms with E-state index >= 15 is 0 Å². The molecular weight excluding hydrogens is 514 g/mol. The van der Waals surface area contributed by atoms with Crippen molar-refractivity contribution >= 4 is 27.3 Å². The number of amides is 2. The molecule has 0 spiro atoms. The molecule has 11 heteroatoms. The molecule has 2 aliphatic rings. The van der Waals surface area contributed by atoms with Gasteiger partial charge in [-0.15, -0.1) is 0 Å². The SMILES string of the molecule is CCC12CC[C@@H](C[C@H](c3nc4c(-c5ccc(-c6ccccc6)nc5)cnn4c(N)c3S(C)(=O)=O)C1)N2C(N)=O. The number of nitrogens with zero attached hydrogens (tertiary/aromatic N) is 5. The molecule has 3 aromatic heterocycles. The molecule has 3 atom stereocenters. The number of aromatic nitrogens is 4. The number of hydrogen-bond acceptors (Lipinski definition) is 7. The van der Waals surface area contributed by atoms with Gasteiger partial charge in [-0.1, -0.05) is 43.3 Å². The number of piperidine rings is 1. The third-order valence-electron chi connectivity index (χ3n) is 8.46. The number of carbonyl (C=O) groups excluding carboxylic acids is 1. The minimum absolute atomic E-state index is 0.00498. The van der Waals surface area contributed by atoms with E-state index in [2.05, 4.69) is 10.1 Å². The maximum Gasteiger partial charge on any atom is 0.315 e. The van der Waals surface area contributed by atoms with Crippen LogP contribution in [0.3, 0.4) is 0 Å². The molecule has 1 unspecified atom stereocenters. The molecular formula is C28H31N7O3S. The summed E-state index contributed by atoms with van der Waals surface area (Å²) in [4.78, 5) is 23.8. The molecule has 2 amide bonds. The molecule has 39 heavy (non-hydrogen) atoms. The summed E-state index contributed by atoms with van der Waals surface area (Å²) >= 11 is 0. The standard InChI is InChI=1S/C28H31N7O3S/c1-3-28-12-11-20(34(28)27(30)36)13-19(14-28)23-24(39(2,37)38)25(29)35-26(33-23)21(16-32-35)18-9-10-22(31-15-18)17-7-5-4-6-8-17/h4-10,15-16,19-20H,3,11-14,29H2,1-2H3,(H2,30,36)/t19-,20-,28?/m0/s1. The van der Waals surface area contributed by atoms with Gasteiger partial charge in [-0.3, -0.25) is 4.98 Å². The zero-order chi connectivity index (χ0) is 27.5. The van der Waals surface area contributed by atoms with Gasteiger partial charge in [0.05, 0.1) is 17.6 Å². The zero-order valence-electron chi connectivity index (χ0n) is 21.9. The Bertz CT molecular complexity index is 1690. The number of carbonyl (C=O) groups is 1. The first-order valence-electron chi connectivity index (χ1n) is 13.1. The van der Waals surface area contributed by atoms with Crippen LogP contribution in [-0.4, -0.2) is 56.8 Å². The second-order valence-electron chi connectivity index (χ2n) is 10.7. The summed E-state index contributed by atoms with van der Waals surface area (Å²) in [6.45, 7) is 2.05. The van der Waals surface area contributed by atoms with Crippen molar-refractivity contribution in [3.05, 3.63) is 60.6 Å². The largest absolute Gasteiger partial charge is 0.382 e. The van der Waals surface area contributed by atoms with Crippen molar-refractivity contribution in [3.8, 4) is 22.4 Å². The Kier molecular flexibility index (Phi) is 5.87. The molecule has 0 saturated carbocycles. The van der Waals surface area contributed by atoms with Crippen molar-refractivity contribution < 1.29 is 13.2 Å². The number of fused-ring (bicyclic) bond motifs is 3. The summed E-state index contributed by atoms with van der Waals surface area (Å²) < 4.78 is 27.5. The van der Waals surface area contributed by atoms with Gasteiger partial charge in [-0.25, -0.2) is 18.2 Å². The van der Waals surface area contributed by atoms with Gasteiger partial charge in [-0.2, -0.15) is 9.61 Å². The quantitative estimate of drug-likeness (QED) is 0.385. The van der Waals surface area contributed by atoms with Crippen molar-refractivity contribution in [3.63, 3.8) is 0 Å². The Balaban J connectivity index is 1.48. The van der Waals surface area contributed by atoms with Gasteiger partial charge in [0.1, 0.15) is 10.7 Å². The molecule has 10 nitrogen and oxygen atoms in total. The average molecular weight is 546 g/mol. The first-order chi connectivity index (χ1) is 18.6. The molecule has 2 fully saturated rings. The Labute approximate surface area is 227 Å². The highest BCUT2D eigenvalue weighted by molar-refractivity contribution is 7.91. The van der Waals surface area contributed by atoms with Gasteiger partial charge in [0.2, 0.25) is 0 Å². The van der Waals surface area contributed by atoms with Crippen molar-refractivity contribution in [1.29, 1.82) is 0 Å². The Morgan fingerprint density at radius 3 is 2.54 bits per heavy atom. The fourth-order valence-corrected chi connectivity index (χ4v) is 7.75. The third kappa shape index (κ3) is 4.03. The molecule has 6 rings (SSSR count). The lowest BCUT2D eigenvalue weighted by Gasteiger charge is -2.46. The molecule has 1 aromatic carbocycles. The van der Waals surface area contributed by atoms with Crippen molar-refractivity contribution in [1.82, 2.24) is 24.5 Å². The van der Waals surface area contributed by atoms with Crippen LogP contribution in [0.1, 0.15) is 50.6 Å². The number of pyridine rings is 1. The molecule has 202 valence electrons. The number of urea groups is 1. The summed E-state index contributed by atoms with van der Waals surface area (Å²) in [5.41, 5.74) is 16.1. The third-order valence-corrected chi connectivity index (χ3v) is 9.62. The Morgan fingerprint density at radius 2 is 1.90 bits per heavy atom. The van der Waals surface area contributed by atoms with Gasteiger partial charge in [0, 0.05) is 46.6 Å². The molecule has 4 N–H and O–H groups in total. The van der Waals surface area contributed by atoms with Gasteiger partial charge in [0.15, 0.2) is 15.5 Å². The van der Waals surface area contributed by atoms with Crippen molar-refractivity contribution in [2.75, 3.05) is 12.0 Å². The van der Waals surface area contributed by atoms with E-state index < -0.39 is 21.4 Å². The van der Waals surface area contributed by atoms with Crippen LogP contribution >= 0.6 is 0 Å². The van der Waals surface area contributed by atoms with Gasteiger partial charge >= 0.3 is 6.03 Å². The lowest BCUT2D eigenvalue weighted by Crippen LogP contribution is -2.56. The van der Waals surface area contributed by atoms with E-state index in [1.165, 1.54) is 4.52 Å². The smallest absolute Gasteiger partial charge is 0.315 e. The fraction of sp³-hybridized carbons (Fsp3) is 0.357. The lowest BCUT2D eigenvalue weighted by molar-refractivity contribution is 0.0738. The first kappa shape index (κ1) is 25.3. The number of anilines is 1. The molecule has 4 aromatic rings. The minimum Gasteiger partial charge on any atom is -0.382 e. The highest BCUT2D eigenvalue weighted by Crippen LogP contribution is 2.52. The predicted molar refractivity (Wildman–Crippen MR) is 149 cm³/mol. The van der Waals surface area contributed by atoms with E-state index in [-0.39, 0.29) is 22.7 Å². The molecule has 0 aliphatic carbocycles. The van der Waals surface area contributed by atoms with Crippen LogP contribution in [0.25, 0.3) is 28.0 Å². The van der Waals surface area contributed by atoms with E-state index in [4.69, 9.17) is 16.5 Å². The first-order valence-corrected chi connectivity index (χ1v) is 15.0.